The van der Waals surface area contributed by atoms with Crippen LogP contribution >= 0.6 is 0 Å². The molecule has 4 heteroatoms. The van der Waals surface area contributed by atoms with Gasteiger partial charge in [0.05, 0.1) is 0 Å². The normalized spacial score (nSPS) is 24.7. The van der Waals surface area contributed by atoms with E-state index >= 15 is 0 Å². The third-order valence-electron chi connectivity index (χ3n) is 2.19. The van der Waals surface area contributed by atoms with Gasteiger partial charge >= 0.3 is 6.03 Å². The third kappa shape index (κ3) is 1.57. The van der Waals surface area contributed by atoms with Crippen LogP contribution in [-0.4, -0.2) is 29.9 Å². The second kappa shape index (κ2) is 3.13. The fourth-order valence-electron chi connectivity index (χ4n) is 1.15. The Balaban J connectivity index is 2.66. The minimum atomic E-state index is -0.287. The van der Waals surface area contributed by atoms with Gasteiger partial charge in [0.15, 0.2) is 0 Å². The molecule has 0 saturated carbocycles. The van der Waals surface area contributed by atoms with Gasteiger partial charge in [0.25, 0.3) is 0 Å². The standard InChI is InChI=1S/C8H14N2O2/c1-5(2)6-4-7(11)10(3)8(12)9-6/h5-6H,4H2,1-3H3,(H,9,12). The van der Waals surface area contributed by atoms with Crippen molar-refractivity contribution in [1.29, 1.82) is 0 Å². The second-order valence-electron chi connectivity index (χ2n) is 3.46. The highest BCUT2D eigenvalue weighted by Crippen LogP contribution is 2.12. The van der Waals surface area contributed by atoms with Crippen LogP contribution in [0.4, 0.5) is 4.79 Å². The molecule has 0 aliphatic carbocycles. The summed E-state index contributed by atoms with van der Waals surface area (Å²) in [5.74, 6) is 0.212. The molecule has 0 aromatic carbocycles. The number of rotatable bonds is 1. The van der Waals surface area contributed by atoms with E-state index in [4.69, 9.17) is 0 Å². The third-order valence-corrected chi connectivity index (χ3v) is 2.19. The Hall–Kier alpha value is -1.06. The number of hydrogen-bond acceptors (Lipinski definition) is 2. The summed E-state index contributed by atoms with van der Waals surface area (Å²) in [6, 6.07) is -0.286. The summed E-state index contributed by atoms with van der Waals surface area (Å²) in [4.78, 5) is 23.4. The lowest BCUT2D eigenvalue weighted by molar-refractivity contribution is -0.129. The molecule has 4 nitrogen and oxygen atoms in total. The molecular weight excluding hydrogens is 156 g/mol. The van der Waals surface area contributed by atoms with Gasteiger partial charge in [0.2, 0.25) is 5.91 Å². The molecule has 1 aliphatic heterocycles. The number of carbonyl (C=O) groups excluding carboxylic acids is 2. The van der Waals surface area contributed by atoms with Gasteiger partial charge in [-0.3, -0.25) is 9.69 Å². The van der Waals surface area contributed by atoms with Gasteiger partial charge in [-0.05, 0) is 5.92 Å². The predicted molar refractivity (Wildman–Crippen MR) is 44.5 cm³/mol. The Labute approximate surface area is 71.9 Å². The molecule has 1 rings (SSSR count). The maximum atomic E-state index is 11.2. The van der Waals surface area contributed by atoms with Crippen LogP contribution in [0.5, 0.6) is 0 Å². The smallest absolute Gasteiger partial charge is 0.324 e. The number of imide groups is 1. The summed E-state index contributed by atoms with van der Waals surface area (Å²) in [6.45, 7) is 3.98. The number of nitrogens with one attached hydrogen (secondary N) is 1. The first kappa shape index (κ1) is 9.03. The van der Waals surface area contributed by atoms with Crippen LogP contribution in [-0.2, 0) is 4.79 Å². The summed E-state index contributed by atoms with van der Waals surface area (Å²) in [5.41, 5.74) is 0. The first-order valence-electron chi connectivity index (χ1n) is 4.09. The monoisotopic (exact) mass is 170 g/mol. The lowest BCUT2D eigenvalue weighted by Gasteiger charge is -2.30. The van der Waals surface area contributed by atoms with E-state index in [0.717, 1.165) is 4.90 Å². The van der Waals surface area contributed by atoms with E-state index in [1.54, 1.807) is 0 Å². The average molecular weight is 170 g/mol. The molecule has 1 heterocycles. The molecule has 12 heavy (non-hydrogen) atoms. The Kier molecular flexibility index (Phi) is 2.35. The summed E-state index contributed by atoms with van der Waals surface area (Å²) < 4.78 is 0. The van der Waals surface area contributed by atoms with Crippen molar-refractivity contribution in [2.24, 2.45) is 5.92 Å². The van der Waals surface area contributed by atoms with Gasteiger partial charge in [0, 0.05) is 19.5 Å². The fraction of sp³-hybridized carbons (Fsp3) is 0.750. The van der Waals surface area contributed by atoms with Crippen molar-refractivity contribution in [3.63, 3.8) is 0 Å². The lowest BCUT2D eigenvalue weighted by Crippen LogP contribution is -2.54. The van der Waals surface area contributed by atoms with Crippen molar-refractivity contribution in [2.45, 2.75) is 26.3 Å². The average Bonchev–Trinajstić information content (AvgIpc) is 1.99. The van der Waals surface area contributed by atoms with Gasteiger partial charge < -0.3 is 5.32 Å². The van der Waals surface area contributed by atoms with E-state index in [-0.39, 0.29) is 18.0 Å². The van der Waals surface area contributed by atoms with Crippen LogP contribution in [0.1, 0.15) is 20.3 Å². The molecule has 1 aliphatic rings. The van der Waals surface area contributed by atoms with E-state index in [1.165, 1.54) is 7.05 Å². The maximum Gasteiger partial charge on any atom is 0.324 e. The van der Waals surface area contributed by atoms with Gasteiger partial charge in [-0.25, -0.2) is 4.79 Å². The van der Waals surface area contributed by atoms with Crippen molar-refractivity contribution in [3.8, 4) is 0 Å². The van der Waals surface area contributed by atoms with Gasteiger partial charge in [-0.15, -0.1) is 0 Å². The largest absolute Gasteiger partial charge is 0.334 e. The van der Waals surface area contributed by atoms with Crippen molar-refractivity contribution in [2.75, 3.05) is 7.05 Å². The van der Waals surface area contributed by atoms with E-state index in [1.807, 2.05) is 13.8 Å². The SMILES string of the molecule is CC(C)C1CC(=O)N(C)C(=O)N1. The molecule has 1 fully saturated rings. The highest BCUT2D eigenvalue weighted by atomic mass is 16.2. The molecule has 1 atom stereocenters. The van der Waals surface area contributed by atoms with Crippen LogP contribution in [0, 0.1) is 5.92 Å². The number of carbonyl (C=O) groups is 2. The summed E-state index contributed by atoms with van der Waals surface area (Å²) in [6.07, 6.45) is 0.417. The van der Waals surface area contributed by atoms with Crippen molar-refractivity contribution >= 4 is 11.9 Å². The van der Waals surface area contributed by atoms with Crippen LogP contribution in [0.15, 0.2) is 0 Å². The minimum Gasteiger partial charge on any atom is -0.334 e. The topological polar surface area (TPSA) is 49.4 Å². The van der Waals surface area contributed by atoms with Gasteiger partial charge in [0.1, 0.15) is 0 Å². The van der Waals surface area contributed by atoms with Crippen LogP contribution in [0.25, 0.3) is 0 Å². The van der Waals surface area contributed by atoms with E-state index < -0.39 is 0 Å². The second-order valence-corrected chi connectivity index (χ2v) is 3.46. The van der Waals surface area contributed by atoms with Crippen LogP contribution in [0.2, 0.25) is 0 Å². The Morgan fingerprint density at radius 1 is 1.50 bits per heavy atom. The zero-order valence-corrected chi connectivity index (χ0v) is 7.63. The molecule has 0 spiro atoms. The molecule has 0 aromatic rings. The molecule has 0 bridgehead atoms. The molecule has 1 saturated heterocycles. The molecule has 0 radical (unpaired) electrons. The number of amides is 3. The minimum absolute atomic E-state index is 0.00111. The summed E-state index contributed by atoms with van der Waals surface area (Å²) in [7, 11) is 1.49. The number of hydrogen-bond donors (Lipinski definition) is 1. The first-order valence-corrected chi connectivity index (χ1v) is 4.09. The van der Waals surface area contributed by atoms with Gasteiger partial charge in [-0.2, -0.15) is 0 Å². The Morgan fingerprint density at radius 2 is 2.08 bits per heavy atom. The molecular formula is C8H14N2O2. The Bertz CT molecular complexity index is 195. The highest BCUT2D eigenvalue weighted by molar-refractivity contribution is 5.96. The fourth-order valence-corrected chi connectivity index (χ4v) is 1.15. The van der Waals surface area contributed by atoms with Crippen molar-refractivity contribution in [3.05, 3.63) is 0 Å². The zero-order valence-electron chi connectivity index (χ0n) is 7.63. The number of nitrogens with zero attached hydrogens (tertiary/aromatic N) is 1. The summed E-state index contributed by atoms with van der Waals surface area (Å²) >= 11 is 0. The van der Waals surface area contributed by atoms with E-state index in [9.17, 15) is 9.59 Å². The molecule has 0 aromatic heterocycles. The van der Waals surface area contributed by atoms with Crippen molar-refractivity contribution in [1.82, 2.24) is 10.2 Å². The van der Waals surface area contributed by atoms with E-state index in [0.29, 0.717) is 12.3 Å². The zero-order chi connectivity index (χ0) is 9.30. The predicted octanol–water partition coefficient (Wildman–Crippen LogP) is 0.583. The molecule has 1 unspecified atom stereocenters. The Morgan fingerprint density at radius 3 is 2.50 bits per heavy atom. The lowest BCUT2D eigenvalue weighted by atomic mass is 9.99. The van der Waals surface area contributed by atoms with Crippen LogP contribution in [0.3, 0.4) is 0 Å². The summed E-state index contributed by atoms with van der Waals surface area (Å²) in [5, 5.41) is 2.76. The highest BCUT2D eigenvalue weighted by Gasteiger charge is 2.30. The van der Waals surface area contributed by atoms with Crippen molar-refractivity contribution < 1.29 is 9.59 Å². The van der Waals surface area contributed by atoms with Crippen LogP contribution < -0.4 is 5.32 Å². The molecule has 3 amide bonds. The quantitative estimate of drug-likeness (QED) is 0.626. The van der Waals surface area contributed by atoms with Gasteiger partial charge in [-0.1, -0.05) is 13.8 Å². The molecule has 68 valence electrons. The first-order chi connectivity index (χ1) is 5.52. The number of urea groups is 1. The van der Waals surface area contributed by atoms with E-state index in [2.05, 4.69) is 5.32 Å². The maximum absolute atomic E-state index is 11.2. The molecule has 1 N–H and O–H groups in total.